The molecule has 5 nitrogen and oxygen atoms in total. The van der Waals surface area contributed by atoms with Crippen molar-refractivity contribution in [2.45, 2.75) is 38.5 Å². The lowest BCUT2D eigenvalue weighted by molar-refractivity contribution is -0.137. The number of aromatic nitrogens is 3. The van der Waals surface area contributed by atoms with Crippen molar-refractivity contribution >= 4 is 16.5 Å². The normalized spacial score (nSPS) is 18.2. The van der Waals surface area contributed by atoms with E-state index in [4.69, 9.17) is 4.74 Å². The molecule has 3 rings (SSSR count). The van der Waals surface area contributed by atoms with Gasteiger partial charge in [-0.1, -0.05) is 18.3 Å². The van der Waals surface area contributed by atoms with Crippen LogP contribution in [0.2, 0.25) is 0 Å². The molecule has 1 unspecified atom stereocenters. The molecule has 1 aliphatic rings. The van der Waals surface area contributed by atoms with E-state index >= 15 is 0 Å². The largest absolute Gasteiger partial charge is 0.472 e. The first-order valence-electron chi connectivity index (χ1n) is 7.73. The lowest BCUT2D eigenvalue weighted by atomic mass is 10.3. The first kappa shape index (κ1) is 16.9. The fourth-order valence-electron chi connectivity index (χ4n) is 2.47. The molecule has 0 spiro atoms. The van der Waals surface area contributed by atoms with E-state index < -0.39 is 11.7 Å². The quantitative estimate of drug-likeness (QED) is 0.818. The average Bonchev–Trinajstić information content (AvgIpc) is 3.16. The van der Waals surface area contributed by atoms with Gasteiger partial charge < -0.3 is 9.64 Å². The van der Waals surface area contributed by atoms with Crippen LogP contribution in [0.4, 0.5) is 18.3 Å². The number of ether oxygens (including phenoxy) is 1. The molecule has 1 saturated heterocycles. The molecule has 1 aliphatic heterocycles. The number of rotatable bonds is 5. The number of alkyl halides is 3. The van der Waals surface area contributed by atoms with Gasteiger partial charge >= 0.3 is 6.18 Å². The third-order valence-electron chi connectivity index (χ3n) is 3.69. The number of hydrogen-bond donors (Lipinski definition) is 0. The predicted molar refractivity (Wildman–Crippen MR) is 84.4 cm³/mol. The number of nitrogens with zero attached hydrogens (tertiary/aromatic N) is 4. The number of hydrogen-bond acceptors (Lipinski definition) is 6. The number of halogens is 3. The van der Waals surface area contributed by atoms with Gasteiger partial charge in [0.2, 0.25) is 11.0 Å². The Hall–Kier alpha value is -1.90. The Balaban J connectivity index is 1.57. The van der Waals surface area contributed by atoms with Gasteiger partial charge in [0.05, 0.1) is 12.1 Å². The SMILES string of the molecule is CCCc1nnc(N2CCC(Oc3ccc(C(F)(F)F)cn3)C2)s1. The van der Waals surface area contributed by atoms with Crippen LogP contribution in [0.15, 0.2) is 18.3 Å². The fourth-order valence-corrected chi connectivity index (χ4v) is 3.45. The van der Waals surface area contributed by atoms with Crippen LogP contribution in [0.3, 0.4) is 0 Å². The van der Waals surface area contributed by atoms with Gasteiger partial charge in [-0.3, -0.25) is 0 Å². The van der Waals surface area contributed by atoms with Crippen molar-refractivity contribution in [1.29, 1.82) is 0 Å². The summed E-state index contributed by atoms with van der Waals surface area (Å²) in [5, 5.41) is 10.2. The molecule has 0 aromatic carbocycles. The number of anilines is 1. The minimum atomic E-state index is -4.39. The van der Waals surface area contributed by atoms with Crippen molar-refractivity contribution in [3.8, 4) is 5.88 Å². The lowest BCUT2D eigenvalue weighted by Crippen LogP contribution is -2.24. The highest BCUT2D eigenvalue weighted by Crippen LogP contribution is 2.30. The molecule has 2 aromatic rings. The molecule has 1 fully saturated rings. The zero-order valence-electron chi connectivity index (χ0n) is 13.1. The minimum Gasteiger partial charge on any atom is -0.472 e. The zero-order chi connectivity index (χ0) is 17.2. The Morgan fingerprint density at radius 1 is 1.33 bits per heavy atom. The number of aryl methyl sites for hydroxylation is 1. The van der Waals surface area contributed by atoms with Crippen LogP contribution < -0.4 is 9.64 Å². The summed E-state index contributed by atoms with van der Waals surface area (Å²) in [4.78, 5) is 5.84. The highest BCUT2D eigenvalue weighted by atomic mass is 32.1. The molecule has 2 aromatic heterocycles. The molecule has 3 heterocycles. The summed E-state index contributed by atoms with van der Waals surface area (Å²) in [6.07, 6.45) is -0.993. The van der Waals surface area contributed by atoms with Crippen molar-refractivity contribution < 1.29 is 17.9 Å². The van der Waals surface area contributed by atoms with Gasteiger partial charge in [-0.15, -0.1) is 10.2 Å². The first-order chi connectivity index (χ1) is 11.5. The molecule has 0 amide bonds. The lowest BCUT2D eigenvalue weighted by Gasteiger charge is -2.15. The predicted octanol–water partition coefficient (Wildman–Crippen LogP) is 3.56. The Morgan fingerprint density at radius 3 is 2.83 bits per heavy atom. The van der Waals surface area contributed by atoms with Crippen LogP contribution in [0.5, 0.6) is 5.88 Å². The summed E-state index contributed by atoms with van der Waals surface area (Å²) in [5.41, 5.74) is -0.778. The van der Waals surface area contributed by atoms with Crippen LogP contribution >= 0.6 is 11.3 Å². The van der Waals surface area contributed by atoms with Crippen LogP contribution in [-0.2, 0) is 12.6 Å². The maximum atomic E-state index is 12.5. The fraction of sp³-hybridized carbons (Fsp3) is 0.533. The summed E-state index contributed by atoms with van der Waals surface area (Å²) in [7, 11) is 0. The third kappa shape index (κ3) is 3.95. The summed E-state index contributed by atoms with van der Waals surface area (Å²) in [5.74, 6) is 0.207. The Bertz CT molecular complexity index is 674. The molecule has 0 saturated carbocycles. The van der Waals surface area contributed by atoms with Crippen LogP contribution in [0, 0.1) is 0 Å². The van der Waals surface area contributed by atoms with E-state index in [-0.39, 0.29) is 12.0 Å². The second-order valence-corrected chi connectivity index (χ2v) is 6.63. The van der Waals surface area contributed by atoms with E-state index in [0.29, 0.717) is 6.54 Å². The van der Waals surface area contributed by atoms with Crippen LogP contribution in [0.25, 0.3) is 0 Å². The van der Waals surface area contributed by atoms with Gasteiger partial charge in [0.15, 0.2) is 0 Å². The molecule has 0 aliphatic carbocycles. The maximum absolute atomic E-state index is 12.5. The summed E-state index contributed by atoms with van der Waals surface area (Å²) in [6.45, 7) is 3.51. The highest BCUT2D eigenvalue weighted by Gasteiger charge is 2.31. The van der Waals surface area contributed by atoms with Crippen molar-refractivity contribution in [2.24, 2.45) is 0 Å². The smallest absolute Gasteiger partial charge is 0.417 e. The van der Waals surface area contributed by atoms with Crippen molar-refractivity contribution in [3.63, 3.8) is 0 Å². The topological polar surface area (TPSA) is 51.1 Å². The summed E-state index contributed by atoms with van der Waals surface area (Å²) >= 11 is 1.58. The van der Waals surface area contributed by atoms with E-state index in [1.165, 1.54) is 6.07 Å². The maximum Gasteiger partial charge on any atom is 0.417 e. The van der Waals surface area contributed by atoms with Gasteiger partial charge in [-0.2, -0.15) is 13.2 Å². The van der Waals surface area contributed by atoms with Crippen LogP contribution in [-0.4, -0.2) is 34.4 Å². The van der Waals surface area contributed by atoms with Gasteiger partial charge in [0.1, 0.15) is 11.1 Å². The Kier molecular flexibility index (Phi) is 4.88. The zero-order valence-corrected chi connectivity index (χ0v) is 13.9. The van der Waals surface area contributed by atoms with Crippen molar-refractivity contribution in [3.05, 3.63) is 28.9 Å². The first-order valence-corrected chi connectivity index (χ1v) is 8.54. The molecule has 0 N–H and O–H groups in total. The monoisotopic (exact) mass is 358 g/mol. The van der Waals surface area contributed by atoms with Crippen LogP contribution in [0.1, 0.15) is 30.3 Å². The number of pyridine rings is 1. The van der Waals surface area contributed by atoms with E-state index in [2.05, 4.69) is 27.0 Å². The van der Waals surface area contributed by atoms with E-state index in [1.807, 2.05) is 0 Å². The second-order valence-electron chi connectivity index (χ2n) is 5.59. The Morgan fingerprint density at radius 2 is 2.17 bits per heavy atom. The third-order valence-corrected chi connectivity index (χ3v) is 4.73. The second kappa shape index (κ2) is 6.92. The Labute approximate surface area is 141 Å². The molecular weight excluding hydrogens is 341 g/mol. The standard InChI is InChI=1S/C15H17F3N4OS/c1-2-3-13-20-21-14(24-13)22-7-6-11(9-22)23-12-5-4-10(8-19-12)15(16,17)18/h4-5,8,11H,2-3,6-7,9H2,1H3. The molecule has 130 valence electrons. The van der Waals surface area contributed by atoms with E-state index in [0.717, 1.165) is 48.2 Å². The van der Waals surface area contributed by atoms with Crippen molar-refractivity contribution in [1.82, 2.24) is 15.2 Å². The molecular formula is C15H17F3N4OS. The van der Waals surface area contributed by atoms with Gasteiger partial charge in [0.25, 0.3) is 0 Å². The van der Waals surface area contributed by atoms with Gasteiger partial charge in [0, 0.05) is 31.6 Å². The highest BCUT2D eigenvalue weighted by molar-refractivity contribution is 7.15. The molecule has 0 bridgehead atoms. The van der Waals surface area contributed by atoms with Crippen molar-refractivity contribution in [2.75, 3.05) is 18.0 Å². The van der Waals surface area contributed by atoms with E-state index in [9.17, 15) is 13.2 Å². The molecule has 24 heavy (non-hydrogen) atoms. The average molecular weight is 358 g/mol. The van der Waals surface area contributed by atoms with Gasteiger partial charge in [-0.05, 0) is 12.5 Å². The minimum absolute atomic E-state index is 0.118. The summed E-state index contributed by atoms with van der Waals surface area (Å²) < 4.78 is 43.2. The van der Waals surface area contributed by atoms with Gasteiger partial charge in [-0.25, -0.2) is 4.98 Å². The van der Waals surface area contributed by atoms with E-state index in [1.54, 1.807) is 11.3 Å². The molecule has 1 atom stereocenters. The molecule has 0 radical (unpaired) electrons. The summed E-state index contributed by atoms with van der Waals surface area (Å²) in [6, 6.07) is 2.24. The molecule has 9 heteroatoms.